The van der Waals surface area contributed by atoms with Crippen molar-refractivity contribution in [1.82, 2.24) is 9.97 Å². The topological polar surface area (TPSA) is 117 Å². The number of halogens is 2. The van der Waals surface area contributed by atoms with Crippen LogP contribution in [-0.4, -0.2) is 51.3 Å². The molecule has 3 heterocycles. The fourth-order valence-corrected chi connectivity index (χ4v) is 8.10. The van der Waals surface area contributed by atoms with Crippen molar-refractivity contribution in [3.05, 3.63) is 100 Å². The summed E-state index contributed by atoms with van der Waals surface area (Å²) in [5.41, 5.74) is 10.8. The monoisotopic (exact) mass is 687 g/mol. The number of carbonyl (C=O) groups is 1. The van der Waals surface area contributed by atoms with Crippen molar-refractivity contribution in [2.24, 2.45) is 27.1 Å². The van der Waals surface area contributed by atoms with E-state index in [9.17, 15) is 9.90 Å². The summed E-state index contributed by atoms with van der Waals surface area (Å²) >= 11 is 1.83. The number of pyridine rings is 1. The number of carboxylic acid groups (broad SMARTS) is 1. The number of amidine groups is 2. The Hall–Kier alpha value is -4.05. The molecule has 0 fully saturated rings. The molecule has 0 radical (unpaired) electrons. The molecule has 0 amide bonds. The number of hydrogen-bond acceptors (Lipinski definition) is 5. The number of aromatic nitrogens is 2. The van der Waals surface area contributed by atoms with Gasteiger partial charge >= 0.3 is 5.97 Å². The molecule has 0 aliphatic carbocycles. The molecule has 5 rings (SSSR count). The van der Waals surface area contributed by atoms with Gasteiger partial charge in [-0.05, 0) is 90.0 Å². The minimum absolute atomic E-state index is 0.00661. The van der Waals surface area contributed by atoms with Gasteiger partial charge in [-0.25, -0.2) is 13.8 Å². The van der Waals surface area contributed by atoms with Gasteiger partial charge in [0.25, 0.3) is 0 Å². The maximum atomic E-state index is 16.0. The highest BCUT2D eigenvalue weighted by Gasteiger charge is 2.33. The van der Waals surface area contributed by atoms with E-state index < -0.39 is 34.9 Å². The largest absolute Gasteiger partial charge is 0.481 e. The van der Waals surface area contributed by atoms with E-state index in [-0.39, 0.29) is 10.9 Å². The number of aliphatic imine (C=N–C) groups is 2. The van der Waals surface area contributed by atoms with Gasteiger partial charge in [0.2, 0.25) is 0 Å². The van der Waals surface area contributed by atoms with E-state index in [0.717, 1.165) is 53.0 Å². The van der Waals surface area contributed by atoms with Crippen LogP contribution in [0.25, 0.3) is 10.9 Å². The van der Waals surface area contributed by atoms with Gasteiger partial charge in [0.15, 0.2) is 17.5 Å². The zero-order valence-corrected chi connectivity index (χ0v) is 30.1. The molecule has 1 aliphatic rings. The Morgan fingerprint density at radius 3 is 2.67 bits per heavy atom. The van der Waals surface area contributed by atoms with Gasteiger partial charge in [0.1, 0.15) is 11.5 Å². The number of aliphatic carboxylic acids is 1. The highest BCUT2D eigenvalue weighted by atomic mass is 32.2. The molecule has 3 atom stereocenters. The Balaban J connectivity index is 1.63. The van der Waals surface area contributed by atoms with Gasteiger partial charge in [-0.15, -0.1) is 0 Å². The summed E-state index contributed by atoms with van der Waals surface area (Å²) in [6, 6.07) is 13.5. The van der Waals surface area contributed by atoms with Crippen molar-refractivity contribution < 1.29 is 18.7 Å². The number of aromatic amines is 1. The zero-order chi connectivity index (χ0) is 35.5. The SMILES string of the molecule is CN=C1N=C(N)[C@@](C)(c2cccc(CC(C)C(=O)O)c2)CCCC(C)(C)CSCCc2c(c(F)c(F)c3[nH]ccc23)C(C)c2ccnc1c2. The highest BCUT2D eigenvalue weighted by Crippen LogP contribution is 2.39. The molecule has 10 heteroatoms. The van der Waals surface area contributed by atoms with Crippen molar-refractivity contribution in [2.45, 2.75) is 78.1 Å². The normalized spacial score (nSPS) is 22.2. The van der Waals surface area contributed by atoms with E-state index in [4.69, 9.17) is 10.7 Å². The average molecular weight is 688 g/mol. The number of nitrogens with zero attached hydrogens (tertiary/aromatic N) is 3. The van der Waals surface area contributed by atoms with Crippen molar-refractivity contribution >= 4 is 40.3 Å². The number of fused-ring (bicyclic) bond motifs is 5. The maximum absolute atomic E-state index is 16.0. The lowest BCUT2D eigenvalue weighted by molar-refractivity contribution is -0.141. The van der Waals surface area contributed by atoms with E-state index in [1.165, 1.54) is 0 Å². The van der Waals surface area contributed by atoms with Crippen LogP contribution < -0.4 is 5.73 Å². The van der Waals surface area contributed by atoms with Gasteiger partial charge in [-0.2, -0.15) is 11.8 Å². The number of thioether (sulfide) groups is 1. The molecule has 0 spiro atoms. The molecule has 0 saturated carbocycles. The number of nitrogens with two attached hydrogens (primary N) is 1. The van der Waals surface area contributed by atoms with Crippen LogP contribution in [0.3, 0.4) is 0 Å². The third-order valence-electron chi connectivity index (χ3n) is 10.0. The fourth-order valence-electron chi connectivity index (χ4n) is 6.91. The zero-order valence-electron chi connectivity index (χ0n) is 29.2. The predicted molar refractivity (Wildman–Crippen MR) is 197 cm³/mol. The van der Waals surface area contributed by atoms with Crippen molar-refractivity contribution in [1.29, 1.82) is 0 Å². The molecule has 2 bridgehead atoms. The van der Waals surface area contributed by atoms with Gasteiger partial charge in [0, 0.05) is 41.7 Å². The lowest BCUT2D eigenvalue weighted by atomic mass is 9.74. The van der Waals surface area contributed by atoms with Crippen molar-refractivity contribution in [2.75, 3.05) is 18.6 Å². The summed E-state index contributed by atoms with van der Waals surface area (Å²) in [5.74, 6) is -1.17. The lowest BCUT2D eigenvalue weighted by Gasteiger charge is -2.32. The summed E-state index contributed by atoms with van der Waals surface area (Å²) in [6.45, 7) is 10.2. The van der Waals surface area contributed by atoms with E-state index in [1.54, 1.807) is 26.4 Å². The number of benzene rings is 2. The molecule has 49 heavy (non-hydrogen) atoms. The van der Waals surface area contributed by atoms with Crippen LogP contribution in [0.4, 0.5) is 8.78 Å². The highest BCUT2D eigenvalue weighted by molar-refractivity contribution is 7.99. The summed E-state index contributed by atoms with van der Waals surface area (Å²) in [7, 11) is 1.63. The molecule has 4 aromatic rings. The Bertz CT molecular complexity index is 1900. The maximum Gasteiger partial charge on any atom is 0.306 e. The molecule has 0 saturated heterocycles. The van der Waals surface area contributed by atoms with Gasteiger partial charge in [-0.1, -0.05) is 58.4 Å². The van der Waals surface area contributed by atoms with Crippen LogP contribution >= 0.6 is 11.8 Å². The average Bonchev–Trinajstić information content (AvgIpc) is 3.57. The summed E-state index contributed by atoms with van der Waals surface area (Å²) in [4.78, 5) is 28.5. The van der Waals surface area contributed by atoms with Gasteiger partial charge in [0.05, 0.1) is 11.4 Å². The first kappa shape index (κ1) is 36.2. The molecule has 260 valence electrons. The second kappa shape index (κ2) is 14.8. The van der Waals surface area contributed by atoms with E-state index in [0.29, 0.717) is 41.2 Å². The van der Waals surface area contributed by atoms with E-state index in [2.05, 4.69) is 35.7 Å². The lowest BCUT2D eigenvalue weighted by Crippen LogP contribution is -2.40. The molecule has 2 aromatic carbocycles. The molecule has 7 nitrogen and oxygen atoms in total. The smallest absolute Gasteiger partial charge is 0.306 e. The van der Waals surface area contributed by atoms with Crippen LogP contribution in [0.1, 0.15) is 93.3 Å². The van der Waals surface area contributed by atoms with Crippen LogP contribution in [0.5, 0.6) is 0 Å². The Morgan fingerprint density at radius 1 is 1.16 bits per heavy atom. The van der Waals surface area contributed by atoms with Crippen LogP contribution in [0.2, 0.25) is 0 Å². The second-order valence-electron chi connectivity index (χ2n) is 14.3. The van der Waals surface area contributed by atoms with Crippen molar-refractivity contribution in [3.8, 4) is 0 Å². The number of carboxylic acids is 1. The molecule has 4 N–H and O–H groups in total. The number of H-pyrrole nitrogens is 1. The van der Waals surface area contributed by atoms with Crippen molar-refractivity contribution in [3.63, 3.8) is 0 Å². The molecule has 1 aliphatic heterocycles. The Morgan fingerprint density at radius 2 is 1.94 bits per heavy atom. The standard InChI is InChI=1S/C39H47F2N5O2S/c1-23(36(47)48)19-25-9-7-10-27(20-25)39(5)15-8-14-38(3,4)22-49-18-13-28-29-12-17-45-34(29)33(41)32(40)31(28)24(2)26-11-16-44-30(21-26)35(43-6)46-37(39)42/h7,9-12,16-17,20-21,23-24,45H,8,13-15,18-19,22H2,1-6H3,(H,47,48)(H2,42,43,46)/t23?,24?,39-/m1/s1. The van der Waals surface area contributed by atoms with E-state index >= 15 is 8.78 Å². The van der Waals surface area contributed by atoms with Crippen LogP contribution in [0.15, 0.2) is 64.8 Å². The molecular formula is C39H47F2N5O2S. The third-order valence-corrected chi connectivity index (χ3v) is 11.5. The van der Waals surface area contributed by atoms with Gasteiger partial charge in [-0.3, -0.25) is 14.8 Å². The number of nitrogens with one attached hydrogen (secondary N) is 1. The summed E-state index contributed by atoms with van der Waals surface area (Å²) < 4.78 is 31.4. The first-order valence-electron chi connectivity index (χ1n) is 16.9. The molecule has 2 unspecified atom stereocenters. The minimum atomic E-state index is -0.871. The second-order valence-corrected chi connectivity index (χ2v) is 15.4. The predicted octanol–water partition coefficient (Wildman–Crippen LogP) is 8.43. The Labute approximate surface area is 291 Å². The van der Waals surface area contributed by atoms with Gasteiger partial charge < -0.3 is 15.8 Å². The van der Waals surface area contributed by atoms with Crippen LogP contribution in [0, 0.1) is 23.0 Å². The first-order valence-corrected chi connectivity index (χ1v) is 18.1. The number of rotatable bonds is 4. The number of hydrogen-bond donors (Lipinski definition) is 3. The van der Waals surface area contributed by atoms with Crippen LogP contribution in [-0.2, 0) is 23.1 Å². The fraction of sp³-hybridized carbons (Fsp3) is 0.436. The first-order chi connectivity index (χ1) is 23.3. The molecule has 2 aromatic heterocycles. The third kappa shape index (κ3) is 7.74. The van der Waals surface area contributed by atoms with E-state index in [1.807, 2.05) is 61.2 Å². The summed E-state index contributed by atoms with van der Waals surface area (Å²) in [5, 5.41) is 10.2. The summed E-state index contributed by atoms with van der Waals surface area (Å²) in [6.07, 6.45) is 6.84. The Kier molecular flexibility index (Phi) is 11.0. The minimum Gasteiger partial charge on any atom is -0.481 e. The molecular weight excluding hydrogens is 641 g/mol. The number of aryl methyl sites for hydroxylation is 1. The quantitative estimate of drug-likeness (QED) is 0.199.